The lowest BCUT2D eigenvalue weighted by atomic mass is 10.00. The molecule has 0 aromatic rings. The van der Waals surface area contributed by atoms with Crippen molar-refractivity contribution in [3.05, 3.63) is 0 Å². The van der Waals surface area contributed by atoms with Gasteiger partial charge in [-0.3, -0.25) is 0 Å². The van der Waals surface area contributed by atoms with Crippen LogP contribution < -0.4 is 16.4 Å². The van der Waals surface area contributed by atoms with E-state index in [1.807, 2.05) is 6.92 Å². The highest BCUT2D eigenvalue weighted by Crippen LogP contribution is 2.08. The number of carbonyl (C=O) groups is 1. The standard InChI is InChI=1S/C10H23N3O/c1-3-5-9(6-7-11)8-13-10(14)12-4-2/h9H,3-8,11H2,1-2H3,(H2,12,13,14). The lowest BCUT2D eigenvalue weighted by Crippen LogP contribution is -2.38. The van der Waals surface area contributed by atoms with Gasteiger partial charge < -0.3 is 16.4 Å². The van der Waals surface area contributed by atoms with Crippen LogP contribution in [-0.4, -0.2) is 25.7 Å². The van der Waals surface area contributed by atoms with E-state index in [0.29, 0.717) is 19.0 Å². The maximum absolute atomic E-state index is 11.1. The van der Waals surface area contributed by atoms with Crippen LogP contribution in [0.1, 0.15) is 33.1 Å². The Balaban J connectivity index is 3.63. The summed E-state index contributed by atoms with van der Waals surface area (Å²) in [4.78, 5) is 11.1. The van der Waals surface area contributed by atoms with Gasteiger partial charge in [0.25, 0.3) is 0 Å². The molecular weight excluding hydrogens is 178 g/mol. The molecule has 0 spiro atoms. The minimum atomic E-state index is -0.0781. The van der Waals surface area contributed by atoms with Crippen molar-refractivity contribution in [3.63, 3.8) is 0 Å². The zero-order valence-corrected chi connectivity index (χ0v) is 9.31. The Morgan fingerprint density at radius 2 is 2.00 bits per heavy atom. The molecule has 1 unspecified atom stereocenters. The molecule has 4 nitrogen and oxygen atoms in total. The summed E-state index contributed by atoms with van der Waals surface area (Å²) in [6.45, 7) is 6.15. The Hall–Kier alpha value is -0.770. The number of amides is 2. The number of urea groups is 1. The number of nitrogens with two attached hydrogens (primary N) is 1. The van der Waals surface area contributed by atoms with E-state index in [2.05, 4.69) is 17.6 Å². The van der Waals surface area contributed by atoms with Crippen molar-refractivity contribution in [1.82, 2.24) is 10.6 Å². The van der Waals surface area contributed by atoms with Crippen LogP contribution in [0.2, 0.25) is 0 Å². The monoisotopic (exact) mass is 201 g/mol. The lowest BCUT2D eigenvalue weighted by Gasteiger charge is -2.15. The second-order valence-corrected chi connectivity index (χ2v) is 3.47. The SMILES string of the molecule is CCCC(CCN)CNC(=O)NCC. The quantitative estimate of drug-likeness (QED) is 0.577. The summed E-state index contributed by atoms with van der Waals surface area (Å²) < 4.78 is 0. The zero-order chi connectivity index (χ0) is 10.8. The molecule has 4 heteroatoms. The van der Waals surface area contributed by atoms with Crippen molar-refractivity contribution in [3.8, 4) is 0 Å². The molecule has 0 aliphatic carbocycles. The maximum atomic E-state index is 11.1. The normalized spacial score (nSPS) is 12.2. The Bertz CT molecular complexity index is 144. The fourth-order valence-electron chi connectivity index (χ4n) is 1.45. The van der Waals surface area contributed by atoms with Gasteiger partial charge in [0, 0.05) is 13.1 Å². The van der Waals surface area contributed by atoms with E-state index in [-0.39, 0.29) is 6.03 Å². The van der Waals surface area contributed by atoms with E-state index >= 15 is 0 Å². The molecular formula is C10H23N3O. The molecule has 0 aromatic carbocycles. The fraction of sp³-hybridized carbons (Fsp3) is 0.900. The van der Waals surface area contributed by atoms with Gasteiger partial charge in [-0.25, -0.2) is 4.79 Å². The first-order valence-corrected chi connectivity index (χ1v) is 5.46. The molecule has 0 saturated heterocycles. The van der Waals surface area contributed by atoms with Crippen LogP contribution >= 0.6 is 0 Å². The molecule has 0 radical (unpaired) electrons. The number of hydrogen-bond acceptors (Lipinski definition) is 2. The molecule has 0 saturated carbocycles. The molecule has 0 aromatic heterocycles. The molecule has 14 heavy (non-hydrogen) atoms. The average molecular weight is 201 g/mol. The zero-order valence-electron chi connectivity index (χ0n) is 9.31. The summed E-state index contributed by atoms with van der Waals surface area (Å²) in [5.41, 5.74) is 5.50. The van der Waals surface area contributed by atoms with Crippen LogP contribution in [0.3, 0.4) is 0 Å². The third-order valence-electron chi connectivity index (χ3n) is 2.16. The lowest BCUT2D eigenvalue weighted by molar-refractivity contribution is 0.238. The van der Waals surface area contributed by atoms with E-state index in [4.69, 9.17) is 5.73 Å². The summed E-state index contributed by atoms with van der Waals surface area (Å²) in [6.07, 6.45) is 3.26. The van der Waals surface area contributed by atoms with Gasteiger partial charge in [-0.2, -0.15) is 0 Å². The van der Waals surface area contributed by atoms with E-state index in [0.717, 1.165) is 25.8 Å². The number of nitrogens with one attached hydrogen (secondary N) is 2. The molecule has 84 valence electrons. The van der Waals surface area contributed by atoms with Crippen molar-refractivity contribution < 1.29 is 4.79 Å². The van der Waals surface area contributed by atoms with Gasteiger partial charge in [0.2, 0.25) is 0 Å². The van der Waals surface area contributed by atoms with Crippen LogP contribution in [0, 0.1) is 5.92 Å². The first kappa shape index (κ1) is 13.2. The second kappa shape index (κ2) is 8.81. The predicted octanol–water partition coefficient (Wildman–Crippen LogP) is 1.07. The van der Waals surface area contributed by atoms with Gasteiger partial charge in [-0.05, 0) is 32.2 Å². The summed E-state index contributed by atoms with van der Waals surface area (Å²) in [7, 11) is 0. The van der Waals surface area contributed by atoms with Crippen LogP contribution in [-0.2, 0) is 0 Å². The van der Waals surface area contributed by atoms with Gasteiger partial charge in [-0.15, -0.1) is 0 Å². The van der Waals surface area contributed by atoms with Gasteiger partial charge >= 0.3 is 6.03 Å². The summed E-state index contributed by atoms with van der Waals surface area (Å²) in [5.74, 6) is 0.521. The van der Waals surface area contributed by atoms with E-state index in [9.17, 15) is 4.79 Å². The number of carbonyl (C=O) groups excluding carboxylic acids is 1. The Morgan fingerprint density at radius 1 is 1.29 bits per heavy atom. The molecule has 0 aliphatic rings. The molecule has 0 fully saturated rings. The van der Waals surface area contributed by atoms with Crippen molar-refractivity contribution >= 4 is 6.03 Å². The minimum Gasteiger partial charge on any atom is -0.338 e. The maximum Gasteiger partial charge on any atom is 0.314 e. The van der Waals surface area contributed by atoms with Crippen LogP contribution in [0.4, 0.5) is 4.79 Å². The second-order valence-electron chi connectivity index (χ2n) is 3.47. The summed E-state index contributed by atoms with van der Waals surface area (Å²) in [5, 5.41) is 5.55. The third-order valence-corrected chi connectivity index (χ3v) is 2.16. The van der Waals surface area contributed by atoms with Crippen molar-refractivity contribution in [1.29, 1.82) is 0 Å². The first-order chi connectivity index (χ1) is 6.74. The number of rotatable bonds is 7. The van der Waals surface area contributed by atoms with Gasteiger partial charge in [0.1, 0.15) is 0 Å². The van der Waals surface area contributed by atoms with Crippen molar-refractivity contribution in [2.24, 2.45) is 11.7 Å². The van der Waals surface area contributed by atoms with Crippen LogP contribution in [0.5, 0.6) is 0 Å². The van der Waals surface area contributed by atoms with E-state index in [1.54, 1.807) is 0 Å². The molecule has 0 aliphatic heterocycles. The highest BCUT2D eigenvalue weighted by molar-refractivity contribution is 5.73. The van der Waals surface area contributed by atoms with E-state index < -0.39 is 0 Å². The van der Waals surface area contributed by atoms with Gasteiger partial charge in [0.05, 0.1) is 0 Å². The highest BCUT2D eigenvalue weighted by Gasteiger charge is 2.07. The van der Waals surface area contributed by atoms with Gasteiger partial charge in [0.15, 0.2) is 0 Å². The van der Waals surface area contributed by atoms with Crippen LogP contribution in [0.15, 0.2) is 0 Å². The molecule has 1 atom stereocenters. The Morgan fingerprint density at radius 3 is 2.50 bits per heavy atom. The largest absolute Gasteiger partial charge is 0.338 e. The predicted molar refractivity (Wildman–Crippen MR) is 59.1 cm³/mol. The first-order valence-electron chi connectivity index (χ1n) is 5.46. The topological polar surface area (TPSA) is 67.1 Å². The molecule has 0 rings (SSSR count). The minimum absolute atomic E-state index is 0.0781. The number of hydrogen-bond donors (Lipinski definition) is 3. The van der Waals surface area contributed by atoms with Crippen molar-refractivity contribution in [2.45, 2.75) is 33.1 Å². The van der Waals surface area contributed by atoms with Crippen LogP contribution in [0.25, 0.3) is 0 Å². The van der Waals surface area contributed by atoms with Gasteiger partial charge in [-0.1, -0.05) is 13.3 Å². The summed E-state index contributed by atoms with van der Waals surface area (Å²) >= 11 is 0. The fourth-order valence-corrected chi connectivity index (χ4v) is 1.45. The average Bonchev–Trinajstić information content (AvgIpc) is 2.15. The van der Waals surface area contributed by atoms with E-state index in [1.165, 1.54) is 0 Å². The molecule has 0 bridgehead atoms. The molecule has 4 N–H and O–H groups in total. The molecule has 2 amide bonds. The van der Waals surface area contributed by atoms with Crippen molar-refractivity contribution in [2.75, 3.05) is 19.6 Å². The Kier molecular flexibility index (Phi) is 8.33. The smallest absolute Gasteiger partial charge is 0.314 e. The highest BCUT2D eigenvalue weighted by atomic mass is 16.2. The Labute approximate surface area is 86.6 Å². The summed E-state index contributed by atoms with van der Waals surface area (Å²) in [6, 6.07) is -0.0781. The molecule has 0 heterocycles. The third kappa shape index (κ3) is 6.71.